The number of fused-ring (bicyclic) bond motifs is 1. The maximum absolute atomic E-state index is 13.0. The van der Waals surface area contributed by atoms with Gasteiger partial charge in [0.2, 0.25) is 0 Å². The first-order valence-corrected chi connectivity index (χ1v) is 9.25. The molecule has 26 heavy (non-hydrogen) atoms. The largest absolute Gasteiger partial charge is 0.459 e. The summed E-state index contributed by atoms with van der Waals surface area (Å²) in [6.07, 6.45) is 2.33. The molecule has 0 atom stereocenters. The topological polar surface area (TPSA) is 62.6 Å². The van der Waals surface area contributed by atoms with Crippen molar-refractivity contribution in [3.05, 3.63) is 76.1 Å². The first-order chi connectivity index (χ1) is 12.6. The van der Waals surface area contributed by atoms with Crippen molar-refractivity contribution in [1.82, 2.24) is 4.90 Å². The van der Waals surface area contributed by atoms with E-state index in [4.69, 9.17) is 4.42 Å². The molecule has 0 fully saturated rings. The molecule has 0 bridgehead atoms. The van der Waals surface area contributed by atoms with Crippen LogP contribution in [0.1, 0.15) is 36.9 Å². The third kappa shape index (κ3) is 3.15. The molecule has 0 aliphatic carbocycles. The van der Waals surface area contributed by atoms with Crippen LogP contribution in [0.5, 0.6) is 0 Å². The van der Waals surface area contributed by atoms with Gasteiger partial charge in [-0.25, -0.2) is 0 Å². The number of anilines is 1. The van der Waals surface area contributed by atoms with Crippen molar-refractivity contribution in [3.8, 4) is 0 Å². The van der Waals surface area contributed by atoms with Crippen molar-refractivity contribution < 1.29 is 14.0 Å². The Morgan fingerprint density at radius 1 is 1.15 bits per heavy atom. The Kier molecular flexibility index (Phi) is 4.34. The Balaban J connectivity index is 1.50. The maximum atomic E-state index is 13.0. The number of nitrogens with one attached hydrogen (secondary N) is 1. The molecule has 0 spiro atoms. The van der Waals surface area contributed by atoms with E-state index in [2.05, 4.69) is 17.4 Å². The van der Waals surface area contributed by atoms with Gasteiger partial charge in [0.25, 0.3) is 11.8 Å². The van der Waals surface area contributed by atoms with Crippen LogP contribution in [0.4, 0.5) is 5.00 Å². The quantitative estimate of drug-likeness (QED) is 0.759. The minimum Gasteiger partial charge on any atom is -0.459 e. The zero-order valence-corrected chi connectivity index (χ0v) is 15.1. The van der Waals surface area contributed by atoms with Crippen molar-refractivity contribution in [3.63, 3.8) is 0 Å². The summed E-state index contributed by atoms with van der Waals surface area (Å²) in [5.74, 6) is -0.0563. The summed E-state index contributed by atoms with van der Waals surface area (Å²) in [6.45, 7) is 3.23. The molecule has 6 heteroatoms. The molecule has 1 N–H and O–H groups in total. The number of amides is 2. The number of furan rings is 1. The molecule has 0 saturated heterocycles. The van der Waals surface area contributed by atoms with Crippen molar-refractivity contribution in [1.29, 1.82) is 0 Å². The van der Waals surface area contributed by atoms with E-state index < -0.39 is 0 Å². The molecule has 2 aromatic heterocycles. The summed E-state index contributed by atoms with van der Waals surface area (Å²) >= 11 is 1.30. The second-order valence-corrected chi connectivity index (χ2v) is 7.35. The number of hydrogen-bond acceptors (Lipinski definition) is 4. The molecule has 3 aromatic rings. The Labute approximate surface area is 155 Å². The summed E-state index contributed by atoms with van der Waals surface area (Å²) in [6, 6.07) is 13.3. The summed E-state index contributed by atoms with van der Waals surface area (Å²) in [7, 11) is 0. The van der Waals surface area contributed by atoms with Crippen LogP contribution in [0.3, 0.4) is 0 Å². The number of carbonyl (C=O) groups excluding carboxylic acids is 2. The van der Waals surface area contributed by atoms with Gasteiger partial charge in [0.05, 0.1) is 16.1 Å². The second-order valence-electron chi connectivity index (χ2n) is 6.30. The van der Waals surface area contributed by atoms with Crippen molar-refractivity contribution in [2.45, 2.75) is 19.9 Å². The van der Waals surface area contributed by atoms with Crippen LogP contribution in [0.25, 0.3) is 0 Å². The minimum absolute atomic E-state index is 0.0144. The molecule has 0 radical (unpaired) electrons. The molecule has 1 aliphatic rings. The molecule has 5 nitrogen and oxygen atoms in total. The lowest BCUT2D eigenvalue weighted by molar-refractivity contribution is 0.0739. The number of nitrogens with zero attached hydrogens (tertiary/aromatic N) is 1. The van der Waals surface area contributed by atoms with Crippen molar-refractivity contribution in [2.75, 3.05) is 11.9 Å². The zero-order valence-electron chi connectivity index (χ0n) is 14.3. The van der Waals surface area contributed by atoms with Gasteiger partial charge in [0.1, 0.15) is 0 Å². The van der Waals surface area contributed by atoms with Gasteiger partial charge >= 0.3 is 0 Å². The summed E-state index contributed by atoms with van der Waals surface area (Å²) < 4.78 is 5.10. The van der Waals surface area contributed by atoms with Crippen LogP contribution in [-0.4, -0.2) is 23.3 Å². The van der Waals surface area contributed by atoms with Crippen LogP contribution in [0.2, 0.25) is 0 Å². The lowest BCUT2D eigenvalue weighted by Gasteiger charge is -2.28. The Morgan fingerprint density at radius 3 is 2.73 bits per heavy atom. The number of thiophene rings is 1. The normalized spacial score (nSPS) is 13.3. The summed E-state index contributed by atoms with van der Waals surface area (Å²) in [4.78, 5) is 27.6. The van der Waals surface area contributed by atoms with Gasteiger partial charge in [0, 0.05) is 13.1 Å². The predicted octanol–water partition coefficient (Wildman–Crippen LogP) is 4.10. The van der Waals surface area contributed by atoms with Crippen LogP contribution in [0, 0.1) is 6.92 Å². The van der Waals surface area contributed by atoms with Gasteiger partial charge in [-0.15, -0.1) is 11.3 Å². The number of benzene rings is 1. The molecule has 0 unspecified atom stereocenters. The van der Waals surface area contributed by atoms with Gasteiger partial charge < -0.3 is 14.6 Å². The van der Waals surface area contributed by atoms with E-state index in [9.17, 15) is 9.59 Å². The minimum atomic E-state index is -0.317. The van der Waals surface area contributed by atoms with E-state index in [0.717, 1.165) is 12.0 Å². The van der Waals surface area contributed by atoms with Gasteiger partial charge in [-0.3, -0.25) is 9.59 Å². The molecular formula is C20H18N2O3S. The molecule has 1 aromatic carbocycles. The van der Waals surface area contributed by atoms with E-state index >= 15 is 0 Å². The van der Waals surface area contributed by atoms with Gasteiger partial charge in [-0.1, -0.05) is 24.3 Å². The fourth-order valence-electron chi connectivity index (χ4n) is 3.15. The molecule has 2 amide bonds. The van der Waals surface area contributed by atoms with E-state index in [1.807, 2.05) is 30.0 Å². The van der Waals surface area contributed by atoms with E-state index in [1.54, 1.807) is 12.1 Å². The molecule has 4 rings (SSSR count). The highest BCUT2D eigenvalue weighted by molar-refractivity contribution is 7.18. The molecule has 132 valence electrons. The second kappa shape index (κ2) is 6.80. The maximum Gasteiger partial charge on any atom is 0.291 e. The Hall–Kier alpha value is -2.86. The third-order valence-electron chi connectivity index (χ3n) is 4.51. The zero-order chi connectivity index (χ0) is 18.1. The number of rotatable bonds is 3. The molecule has 1 aliphatic heterocycles. The highest BCUT2D eigenvalue weighted by Crippen LogP contribution is 2.30. The SMILES string of the molecule is Cc1cc(NC(=O)c2ccco2)sc1C(=O)N1CCc2ccccc2C1. The Morgan fingerprint density at radius 2 is 1.96 bits per heavy atom. The monoisotopic (exact) mass is 366 g/mol. The smallest absolute Gasteiger partial charge is 0.291 e. The highest BCUT2D eigenvalue weighted by atomic mass is 32.1. The molecular weight excluding hydrogens is 348 g/mol. The Bertz CT molecular complexity index is 959. The first-order valence-electron chi connectivity index (χ1n) is 8.43. The molecule has 3 heterocycles. The summed E-state index contributed by atoms with van der Waals surface area (Å²) in [5, 5.41) is 3.44. The third-order valence-corrected chi connectivity index (χ3v) is 5.65. The van der Waals surface area contributed by atoms with Crippen molar-refractivity contribution >= 4 is 28.2 Å². The van der Waals surface area contributed by atoms with Crippen LogP contribution >= 0.6 is 11.3 Å². The van der Waals surface area contributed by atoms with Crippen LogP contribution < -0.4 is 5.32 Å². The number of carbonyl (C=O) groups is 2. The van der Waals surface area contributed by atoms with Crippen LogP contribution in [-0.2, 0) is 13.0 Å². The first kappa shape index (κ1) is 16.6. The van der Waals surface area contributed by atoms with E-state index in [1.165, 1.54) is 28.7 Å². The number of aryl methyl sites for hydroxylation is 1. The van der Waals surface area contributed by atoms with Gasteiger partial charge in [-0.05, 0) is 48.2 Å². The standard InChI is InChI=1S/C20H18N2O3S/c1-13-11-17(21-19(23)16-7-4-10-25-16)26-18(13)20(24)22-9-8-14-5-2-3-6-15(14)12-22/h2-7,10-11H,8-9,12H2,1H3,(H,21,23). The lowest BCUT2D eigenvalue weighted by atomic mass is 10.00. The lowest BCUT2D eigenvalue weighted by Crippen LogP contribution is -2.35. The fourth-order valence-corrected chi connectivity index (χ4v) is 4.19. The predicted molar refractivity (Wildman–Crippen MR) is 101 cm³/mol. The van der Waals surface area contributed by atoms with Crippen LogP contribution in [0.15, 0.2) is 53.1 Å². The molecule has 0 saturated carbocycles. The number of hydrogen-bond donors (Lipinski definition) is 1. The average Bonchev–Trinajstić information content (AvgIpc) is 3.30. The van der Waals surface area contributed by atoms with Gasteiger partial charge in [-0.2, -0.15) is 0 Å². The van der Waals surface area contributed by atoms with E-state index in [0.29, 0.717) is 23.0 Å². The van der Waals surface area contributed by atoms with E-state index in [-0.39, 0.29) is 17.6 Å². The van der Waals surface area contributed by atoms with Gasteiger partial charge in [0.15, 0.2) is 5.76 Å². The van der Waals surface area contributed by atoms with Crippen molar-refractivity contribution in [2.24, 2.45) is 0 Å². The summed E-state index contributed by atoms with van der Waals surface area (Å²) in [5.41, 5.74) is 3.38. The average molecular weight is 366 g/mol. The highest BCUT2D eigenvalue weighted by Gasteiger charge is 2.24. The fraction of sp³-hybridized carbons (Fsp3) is 0.200.